The van der Waals surface area contributed by atoms with Crippen molar-refractivity contribution < 1.29 is 4.79 Å². The van der Waals surface area contributed by atoms with Crippen molar-refractivity contribution in [2.24, 2.45) is 0 Å². The summed E-state index contributed by atoms with van der Waals surface area (Å²) in [5.41, 5.74) is 0.390. The fraction of sp³-hybridized carbons (Fsp3) is 0.545. The van der Waals surface area contributed by atoms with Crippen LogP contribution in [0.1, 0.15) is 25.5 Å². The van der Waals surface area contributed by atoms with Crippen molar-refractivity contribution in [3.63, 3.8) is 0 Å². The van der Waals surface area contributed by atoms with Crippen LogP contribution in [0.15, 0.2) is 15.6 Å². The van der Waals surface area contributed by atoms with Gasteiger partial charge in [0.2, 0.25) is 5.91 Å². The molecule has 1 rings (SSSR count). The lowest BCUT2D eigenvalue weighted by Crippen LogP contribution is -2.33. The Morgan fingerprint density at radius 3 is 2.94 bits per heavy atom. The molecule has 0 aliphatic carbocycles. The molecule has 1 aromatic rings. The number of nitrogens with zero attached hydrogens (tertiary/aromatic N) is 2. The fourth-order valence-corrected chi connectivity index (χ4v) is 1.60. The summed E-state index contributed by atoms with van der Waals surface area (Å²) in [7, 11) is 0. The minimum atomic E-state index is -0.233. The van der Waals surface area contributed by atoms with Gasteiger partial charge in [-0.25, -0.2) is 4.98 Å². The molecule has 0 bridgehead atoms. The highest BCUT2D eigenvalue weighted by molar-refractivity contribution is 9.10. The normalized spacial score (nSPS) is 10.3. The van der Waals surface area contributed by atoms with Gasteiger partial charge in [0.05, 0.1) is 12.0 Å². The Hall–Kier alpha value is -1.17. The average Bonchev–Trinajstić information content (AvgIpc) is 2.30. The molecule has 0 atom stereocenters. The van der Waals surface area contributed by atoms with Crippen molar-refractivity contribution >= 4 is 21.8 Å². The third kappa shape index (κ3) is 3.96. The number of nitrogens with one attached hydrogen (secondary N) is 1. The van der Waals surface area contributed by atoms with Crippen LogP contribution in [0.4, 0.5) is 0 Å². The molecule has 0 spiro atoms. The number of unbranched alkanes of at least 4 members (excludes halogenated alkanes) is 1. The van der Waals surface area contributed by atoms with Gasteiger partial charge in [-0.1, -0.05) is 13.3 Å². The second kappa shape index (κ2) is 6.54. The second-order valence-corrected chi connectivity index (χ2v) is 4.57. The lowest BCUT2D eigenvalue weighted by Gasteiger charge is -2.07. The van der Waals surface area contributed by atoms with Crippen LogP contribution in [0.25, 0.3) is 0 Å². The molecule has 0 aliphatic heterocycles. The van der Waals surface area contributed by atoms with E-state index in [-0.39, 0.29) is 18.0 Å². The Morgan fingerprint density at radius 2 is 2.29 bits per heavy atom. The highest BCUT2D eigenvalue weighted by atomic mass is 79.9. The van der Waals surface area contributed by atoms with Gasteiger partial charge in [-0.05, 0) is 29.3 Å². The van der Waals surface area contributed by atoms with E-state index in [0.717, 1.165) is 12.8 Å². The smallest absolute Gasteiger partial charge is 0.268 e. The van der Waals surface area contributed by atoms with E-state index in [1.807, 2.05) is 0 Å². The Balaban J connectivity index is 2.66. The molecule has 17 heavy (non-hydrogen) atoms. The number of amides is 1. The molecule has 94 valence electrons. The predicted molar refractivity (Wildman–Crippen MR) is 68.9 cm³/mol. The van der Waals surface area contributed by atoms with Gasteiger partial charge in [0.25, 0.3) is 5.56 Å². The van der Waals surface area contributed by atoms with E-state index in [4.69, 9.17) is 0 Å². The van der Waals surface area contributed by atoms with E-state index in [9.17, 15) is 9.59 Å². The van der Waals surface area contributed by atoms with E-state index < -0.39 is 0 Å². The summed E-state index contributed by atoms with van der Waals surface area (Å²) in [6.45, 7) is 4.44. The molecule has 5 nitrogen and oxygen atoms in total. The Bertz CT molecular complexity index is 457. The number of halogens is 1. The maximum Gasteiger partial charge on any atom is 0.268 e. The van der Waals surface area contributed by atoms with Gasteiger partial charge < -0.3 is 5.32 Å². The fourth-order valence-electron chi connectivity index (χ4n) is 1.27. The Labute approximate surface area is 108 Å². The summed E-state index contributed by atoms with van der Waals surface area (Å²) in [4.78, 5) is 27.3. The van der Waals surface area contributed by atoms with Crippen LogP contribution in [0, 0.1) is 6.92 Å². The van der Waals surface area contributed by atoms with Crippen LogP contribution >= 0.6 is 15.9 Å². The first kappa shape index (κ1) is 13.9. The number of hydrogen-bond donors (Lipinski definition) is 1. The van der Waals surface area contributed by atoms with Gasteiger partial charge in [0, 0.05) is 6.54 Å². The molecule has 6 heteroatoms. The maximum absolute atomic E-state index is 11.8. The molecule has 0 aromatic carbocycles. The van der Waals surface area contributed by atoms with Crippen LogP contribution in [0.2, 0.25) is 0 Å². The van der Waals surface area contributed by atoms with Crippen molar-refractivity contribution in [1.82, 2.24) is 14.9 Å². The maximum atomic E-state index is 11.8. The lowest BCUT2D eigenvalue weighted by molar-refractivity contribution is -0.121. The van der Waals surface area contributed by atoms with Gasteiger partial charge in [-0.2, -0.15) is 0 Å². The molecule has 0 unspecified atom stereocenters. The van der Waals surface area contributed by atoms with E-state index in [1.165, 1.54) is 10.9 Å². The molecule has 1 aromatic heterocycles. The van der Waals surface area contributed by atoms with E-state index in [1.54, 1.807) is 6.92 Å². The van der Waals surface area contributed by atoms with Crippen molar-refractivity contribution in [3.8, 4) is 0 Å². The quantitative estimate of drug-likeness (QED) is 0.832. The standard InChI is InChI=1S/C11H16BrN3O2/c1-3-4-5-13-9(16)6-15-7-14-8(2)10(12)11(15)17/h7H,3-6H2,1-2H3,(H,13,16). The van der Waals surface area contributed by atoms with Gasteiger partial charge in [0.1, 0.15) is 11.0 Å². The molecule has 1 heterocycles. The van der Waals surface area contributed by atoms with Crippen molar-refractivity contribution in [3.05, 3.63) is 26.8 Å². The minimum absolute atomic E-state index is 0.00836. The van der Waals surface area contributed by atoms with Crippen LogP contribution in [-0.2, 0) is 11.3 Å². The summed E-state index contributed by atoms with van der Waals surface area (Å²) in [5, 5.41) is 2.75. The van der Waals surface area contributed by atoms with E-state index in [0.29, 0.717) is 16.7 Å². The zero-order chi connectivity index (χ0) is 12.8. The second-order valence-electron chi connectivity index (χ2n) is 3.78. The molecule has 1 amide bonds. The zero-order valence-electron chi connectivity index (χ0n) is 9.99. The highest BCUT2D eigenvalue weighted by Gasteiger charge is 2.08. The summed E-state index contributed by atoms with van der Waals surface area (Å²) in [6, 6.07) is 0. The van der Waals surface area contributed by atoms with E-state index >= 15 is 0 Å². The van der Waals surface area contributed by atoms with Crippen LogP contribution in [0.5, 0.6) is 0 Å². The van der Waals surface area contributed by atoms with Crippen molar-refractivity contribution in [2.75, 3.05) is 6.54 Å². The van der Waals surface area contributed by atoms with E-state index in [2.05, 4.69) is 33.2 Å². The summed E-state index contributed by atoms with van der Waals surface area (Å²) >= 11 is 3.16. The predicted octanol–water partition coefficient (Wildman–Crippen LogP) is 1.23. The first-order valence-corrected chi connectivity index (χ1v) is 6.33. The molecule has 1 N–H and O–H groups in total. The third-order valence-electron chi connectivity index (χ3n) is 2.32. The van der Waals surface area contributed by atoms with Crippen molar-refractivity contribution in [1.29, 1.82) is 0 Å². The largest absolute Gasteiger partial charge is 0.355 e. The number of rotatable bonds is 5. The number of carbonyl (C=O) groups is 1. The topological polar surface area (TPSA) is 64.0 Å². The Kier molecular flexibility index (Phi) is 5.34. The van der Waals surface area contributed by atoms with Gasteiger partial charge in [-0.3, -0.25) is 14.2 Å². The first-order chi connectivity index (χ1) is 8.06. The van der Waals surface area contributed by atoms with Crippen LogP contribution in [-0.4, -0.2) is 22.0 Å². The molecular weight excluding hydrogens is 286 g/mol. The number of aromatic nitrogens is 2. The molecule has 0 saturated heterocycles. The summed E-state index contributed by atoms with van der Waals surface area (Å²) < 4.78 is 1.69. The number of hydrogen-bond acceptors (Lipinski definition) is 3. The van der Waals surface area contributed by atoms with Gasteiger partial charge in [-0.15, -0.1) is 0 Å². The average molecular weight is 302 g/mol. The van der Waals surface area contributed by atoms with Crippen LogP contribution < -0.4 is 10.9 Å². The van der Waals surface area contributed by atoms with Gasteiger partial charge >= 0.3 is 0 Å². The SMILES string of the molecule is CCCCNC(=O)Cn1cnc(C)c(Br)c1=O. The number of aryl methyl sites for hydroxylation is 1. The van der Waals surface area contributed by atoms with Crippen LogP contribution in [0.3, 0.4) is 0 Å². The third-order valence-corrected chi connectivity index (χ3v) is 3.24. The zero-order valence-corrected chi connectivity index (χ0v) is 11.6. The molecule has 0 aliphatic rings. The van der Waals surface area contributed by atoms with Crippen molar-refractivity contribution in [2.45, 2.75) is 33.2 Å². The monoisotopic (exact) mass is 301 g/mol. The summed E-state index contributed by atoms with van der Waals surface area (Å²) in [5.74, 6) is -0.168. The molecule has 0 radical (unpaired) electrons. The van der Waals surface area contributed by atoms with Gasteiger partial charge in [0.15, 0.2) is 0 Å². The summed E-state index contributed by atoms with van der Waals surface area (Å²) in [6.07, 6.45) is 3.36. The molecular formula is C11H16BrN3O2. The number of carbonyl (C=O) groups excluding carboxylic acids is 1. The molecule has 0 saturated carbocycles. The Morgan fingerprint density at radius 1 is 1.59 bits per heavy atom. The lowest BCUT2D eigenvalue weighted by atomic mass is 10.3. The minimum Gasteiger partial charge on any atom is -0.355 e. The molecule has 0 fully saturated rings. The first-order valence-electron chi connectivity index (χ1n) is 5.54. The highest BCUT2D eigenvalue weighted by Crippen LogP contribution is 2.05.